The highest BCUT2D eigenvalue weighted by molar-refractivity contribution is 5.96. The van der Waals surface area contributed by atoms with Crippen LogP contribution in [0.3, 0.4) is 0 Å². The van der Waals surface area contributed by atoms with E-state index in [1.807, 2.05) is 59.5 Å². The average Bonchev–Trinajstić information content (AvgIpc) is 3.17. The lowest BCUT2D eigenvalue weighted by Gasteiger charge is -2.17. The third-order valence-electron chi connectivity index (χ3n) is 4.96. The van der Waals surface area contributed by atoms with Crippen molar-refractivity contribution in [2.75, 3.05) is 14.2 Å². The molecule has 0 fully saturated rings. The van der Waals surface area contributed by atoms with E-state index in [-0.39, 0.29) is 5.91 Å². The van der Waals surface area contributed by atoms with E-state index in [1.165, 1.54) is 11.1 Å². The molecule has 0 saturated carbocycles. The van der Waals surface area contributed by atoms with Crippen molar-refractivity contribution in [3.05, 3.63) is 83.4 Å². The molecule has 0 atom stereocenters. The minimum absolute atomic E-state index is 0.0259. The number of benzene rings is 3. The van der Waals surface area contributed by atoms with Crippen LogP contribution in [0, 0.1) is 0 Å². The van der Waals surface area contributed by atoms with Gasteiger partial charge in [-0.05, 0) is 47.0 Å². The van der Waals surface area contributed by atoms with Gasteiger partial charge >= 0.3 is 0 Å². The number of amides is 1. The van der Waals surface area contributed by atoms with Crippen molar-refractivity contribution in [1.82, 2.24) is 4.90 Å². The molecule has 27 heavy (non-hydrogen) atoms. The summed E-state index contributed by atoms with van der Waals surface area (Å²) in [6.07, 6.45) is 0. The molecule has 4 rings (SSSR count). The van der Waals surface area contributed by atoms with Crippen molar-refractivity contribution >= 4 is 5.91 Å². The normalized spacial score (nSPS) is 12.6. The molecule has 0 N–H and O–H groups in total. The summed E-state index contributed by atoms with van der Waals surface area (Å²) in [5.41, 5.74) is 4.91. The summed E-state index contributed by atoms with van der Waals surface area (Å²) in [5.74, 6) is 1.52. The zero-order chi connectivity index (χ0) is 18.8. The highest BCUT2D eigenvalue weighted by Gasteiger charge is 2.24. The topological polar surface area (TPSA) is 38.8 Å². The van der Waals surface area contributed by atoms with Crippen molar-refractivity contribution in [1.29, 1.82) is 0 Å². The molecule has 0 radical (unpaired) electrons. The summed E-state index contributed by atoms with van der Waals surface area (Å²) in [4.78, 5) is 15.0. The van der Waals surface area contributed by atoms with E-state index < -0.39 is 0 Å². The smallest absolute Gasteiger partial charge is 0.254 e. The van der Waals surface area contributed by atoms with E-state index in [0.29, 0.717) is 18.7 Å². The Labute approximate surface area is 159 Å². The molecule has 1 amide bonds. The molecule has 1 heterocycles. The van der Waals surface area contributed by atoms with Crippen LogP contribution in [0.2, 0.25) is 0 Å². The van der Waals surface area contributed by atoms with E-state index in [2.05, 4.69) is 12.1 Å². The summed E-state index contributed by atoms with van der Waals surface area (Å²) in [6.45, 7) is 1.30. The number of fused-ring (bicyclic) bond motifs is 1. The molecule has 0 saturated heterocycles. The Bertz CT molecular complexity index is 971. The van der Waals surface area contributed by atoms with Crippen LogP contribution in [-0.2, 0) is 13.1 Å². The third kappa shape index (κ3) is 3.26. The van der Waals surface area contributed by atoms with Crippen molar-refractivity contribution in [3.8, 4) is 22.6 Å². The van der Waals surface area contributed by atoms with Gasteiger partial charge in [0.05, 0.1) is 14.2 Å². The Morgan fingerprint density at radius 1 is 0.852 bits per heavy atom. The Hall–Kier alpha value is -3.27. The molecule has 136 valence electrons. The van der Waals surface area contributed by atoms with Gasteiger partial charge in [-0.1, -0.05) is 36.4 Å². The van der Waals surface area contributed by atoms with E-state index in [4.69, 9.17) is 9.47 Å². The van der Waals surface area contributed by atoms with Crippen LogP contribution in [-0.4, -0.2) is 25.0 Å². The third-order valence-corrected chi connectivity index (χ3v) is 4.96. The summed E-state index contributed by atoms with van der Waals surface area (Å²) in [5, 5.41) is 0. The number of carbonyl (C=O) groups is 1. The monoisotopic (exact) mass is 359 g/mol. The van der Waals surface area contributed by atoms with Gasteiger partial charge in [0.15, 0.2) is 0 Å². The fraction of sp³-hybridized carbons (Fsp3) is 0.174. The van der Waals surface area contributed by atoms with Gasteiger partial charge in [0.2, 0.25) is 0 Å². The van der Waals surface area contributed by atoms with E-state index in [0.717, 1.165) is 22.6 Å². The second kappa shape index (κ2) is 7.16. The molecular formula is C23H21NO3. The average molecular weight is 359 g/mol. The lowest BCUT2D eigenvalue weighted by molar-refractivity contribution is 0.0751. The Morgan fingerprint density at radius 3 is 2.26 bits per heavy atom. The fourth-order valence-corrected chi connectivity index (χ4v) is 3.52. The Balaban J connectivity index is 1.67. The van der Waals surface area contributed by atoms with E-state index in [9.17, 15) is 4.79 Å². The van der Waals surface area contributed by atoms with Crippen LogP contribution < -0.4 is 9.47 Å². The van der Waals surface area contributed by atoms with Crippen molar-refractivity contribution in [2.24, 2.45) is 0 Å². The maximum atomic E-state index is 13.1. The summed E-state index contributed by atoms with van der Waals surface area (Å²) >= 11 is 0. The lowest BCUT2D eigenvalue weighted by Crippen LogP contribution is -2.25. The first kappa shape index (κ1) is 17.2. The zero-order valence-electron chi connectivity index (χ0n) is 15.4. The van der Waals surface area contributed by atoms with Crippen molar-refractivity contribution in [2.45, 2.75) is 13.1 Å². The predicted molar refractivity (Wildman–Crippen MR) is 105 cm³/mol. The predicted octanol–water partition coefficient (Wildman–Crippen LogP) is 4.53. The van der Waals surface area contributed by atoms with Gasteiger partial charge in [-0.25, -0.2) is 0 Å². The van der Waals surface area contributed by atoms with Gasteiger partial charge in [0.1, 0.15) is 11.5 Å². The highest BCUT2D eigenvalue weighted by atomic mass is 16.5. The molecule has 0 spiro atoms. The van der Waals surface area contributed by atoms with E-state index >= 15 is 0 Å². The molecule has 0 unspecified atom stereocenters. The lowest BCUT2D eigenvalue weighted by atomic mass is 10.0. The van der Waals surface area contributed by atoms with Crippen LogP contribution in [0.4, 0.5) is 0 Å². The summed E-state index contributed by atoms with van der Waals surface area (Å²) < 4.78 is 10.8. The van der Waals surface area contributed by atoms with Gasteiger partial charge < -0.3 is 14.4 Å². The number of ether oxygens (including phenoxy) is 2. The Kier molecular flexibility index (Phi) is 4.55. The van der Waals surface area contributed by atoms with Crippen LogP contribution in [0.5, 0.6) is 11.5 Å². The molecule has 3 aromatic rings. The Morgan fingerprint density at radius 2 is 1.59 bits per heavy atom. The second-order valence-corrected chi connectivity index (χ2v) is 6.58. The molecule has 1 aliphatic rings. The summed E-state index contributed by atoms with van der Waals surface area (Å²) in [6, 6.07) is 21.5. The molecule has 1 aliphatic heterocycles. The fourth-order valence-electron chi connectivity index (χ4n) is 3.52. The van der Waals surface area contributed by atoms with Crippen molar-refractivity contribution < 1.29 is 14.3 Å². The van der Waals surface area contributed by atoms with Crippen LogP contribution in [0.25, 0.3) is 11.1 Å². The molecular weight excluding hydrogens is 338 g/mol. The molecule has 0 aliphatic carbocycles. The van der Waals surface area contributed by atoms with Crippen LogP contribution in [0.15, 0.2) is 66.7 Å². The molecule has 3 aromatic carbocycles. The van der Waals surface area contributed by atoms with Gasteiger partial charge in [-0.3, -0.25) is 4.79 Å². The maximum absolute atomic E-state index is 13.1. The first-order valence-corrected chi connectivity index (χ1v) is 8.88. The SMILES string of the molecule is COc1cccc(-c2cc(C(=O)N3Cc4ccccc4C3)ccc2OC)c1. The van der Waals surface area contributed by atoms with Gasteiger partial charge in [0.25, 0.3) is 5.91 Å². The van der Waals surface area contributed by atoms with Crippen LogP contribution >= 0.6 is 0 Å². The largest absolute Gasteiger partial charge is 0.497 e. The van der Waals surface area contributed by atoms with Crippen LogP contribution in [0.1, 0.15) is 21.5 Å². The summed E-state index contributed by atoms with van der Waals surface area (Å²) in [7, 11) is 3.28. The molecule has 0 bridgehead atoms. The van der Waals surface area contributed by atoms with E-state index in [1.54, 1.807) is 14.2 Å². The van der Waals surface area contributed by atoms with Gasteiger partial charge in [0, 0.05) is 24.2 Å². The highest BCUT2D eigenvalue weighted by Crippen LogP contribution is 2.34. The number of methoxy groups -OCH3 is 2. The molecule has 0 aromatic heterocycles. The number of rotatable bonds is 4. The van der Waals surface area contributed by atoms with Crippen molar-refractivity contribution in [3.63, 3.8) is 0 Å². The van der Waals surface area contributed by atoms with Gasteiger partial charge in [-0.2, -0.15) is 0 Å². The number of hydrogen-bond acceptors (Lipinski definition) is 3. The van der Waals surface area contributed by atoms with Gasteiger partial charge in [-0.15, -0.1) is 0 Å². The molecule has 4 nitrogen and oxygen atoms in total. The standard InChI is InChI=1S/C23H21NO3/c1-26-20-9-5-8-16(12-20)21-13-17(10-11-22(21)27-2)23(25)24-14-18-6-3-4-7-19(18)15-24/h3-13H,14-15H2,1-2H3. The number of nitrogens with zero attached hydrogens (tertiary/aromatic N) is 1. The first-order chi connectivity index (χ1) is 13.2. The quantitative estimate of drug-likeness (QED) is 0.687. The minimum Gasteiger partial charge on any atom is -0.497 e. The number of hydrogen-bond donors (Lipinski definition) is 0. The first-order valence-electron chi connectivity index (χ1n) is 8.88. The maximum Gasteiger partial charge on any atom is 0.254 e. The number of carbonyl (C=O) groups excluding carboxylic acids is 1. The minimum atomic E-state index is 0.0259. The zero-order valence-corrected chi connectivity index (χ0v) is 15.4. The second-order valence-electron chi connectivity index (χ2n) is 6.58. The molecule has 4 heteroatoms.